The minimum Gasteiger partial charge on any atom is -0.314 e. The maximum Gasteiger partial charge on any atom is 0.161 e. The second kappa shape index (κ2) is 6.50. The van der Waals surface area contributed by atoms with Crippen LogP contribution in [0.25, 0.3) is 0 Å². The van der Waals surface area contributed by atoms with Crippen LogP contribution < -0.4 is 10.6 Å². The topological polar surface area (TPSA) is 24.1 Å². The van der Waals surface area contributed by atoms with Crippen molar-refractivity contribution in [2.24, 2.45) is 0 Å². The minimum absolute atomic E-state index is 0.0282. The number of benzene rings is 2. The molecule has 0 saturated carbocycles. The smallest absolute Gasteiger partial charge is 0.161 e. The van der Waals surface area contributed by atoms with Crippen LogP contribution in [0.2, 0.25) is 0 Å². The van der Waals surface area contributed by atoms with Gasteiger partial charge in [0.05, 0.1) is 0 Å². The molecule has 2 aromatic rings. The van der Waals surface area contributed by atoms with E-state index in [4.69, 9.17) is 0 Å². The van der Waals surface area contributed by atoms with Gasteiger partial charge in [-0.2, -0.15) is 0 Å². The van der Waals surface area contributed by atoms with E-state index in [1.807, 2.05) is 30.3 Å². The Hall–Kier alpha value is -1.85. The molecule has 1 saturated heterocycles. The summed E-state index contributed by atoms with van der Waals surface area (Å²) in [5, 5.41) is 6.54. The van der Waals surface area contributed by atoms with Crippen molar-refractivity contribution in [1.82, 2.24) is 10.6 Å². The summed E-state index contributed by atoms with van der Waals surface area (Å²) in [7, 11) is 0. The predicted molar refractivity (Wildman–Crippen MR) is 79.0 cm³/mol. The maximum absolute atomic E-state index is 14.0. The molecule has 1 fully saturated rings. The van der Waals surface area contributed by atoms with E-state index in [1.54, 1.807) is 0 Å². The van der Waals surface area contributed by atoms with Crippen LogP contribution in [-0.4, -0.2) is 19.1 Å². The monoisotopic (exact) mass is 306 g/mol. The molecule has 0 radical (unpaired) electrons. The highest BCUT2D eigenvalue weighted by Crippen LogP contribution is 2.27. The molecule has 1 aliphatic rings. The molecule has 2 N–H and O–H groups in total. The summed E-state index contributed by atoms with van der Waals surface area (Å²) in [6.45, 7) is 1.85. The van der Waals surface area contributed by atoms with Gasteiger partial charge in [0, 0.05) is 37.7 Å². The molecule has 116 valence electrons. The van der Waals surface area contributed by atoms with E-state index in [0.717, 1.165) is 11.6 Å². The summed E-state index contributed by atoms with van der Waals surface area (Å²) in [5.41, 5.74) is 1.34. The molecular formula is C17H17F3N2. The highest BCUT2D eigenvalue weighted by molar-refractivity contribution is 5.27. The first kappa shape index (κ1) is 15.1. The molecule has 0 spiro atoms. The molecule has 5 heteroatoms. The third-order valence-corrected chi connectivity index (χ3v) is 4.06. The van der Waals surface area contributed by atoms with E-state index >= 15 is 0 Å². The lowest BCUT2D eigenvalue weighted by atomic mass is 9.93. The van der Waals surface area contributed by atoms with E-state index in [2.05, 4.69) is 10.6 Å². The zero-order valence-corrected chi connectivity index (χ0v) is 12.0. The molecule has 2 atom stereocenters. The SMILES string of the molecule is Fc1cc(F)c([C@H]2CNC[C@@H]2NCc2ccccc2)cc1F. The van der Waals surface area contributed by atoms with Gasteiger partial charge in [0.25, 0.3) is 0 Å². The largest absolute Gasteiger partial charge is 0.314 e. The number of hydrogen-bond acceptors (Lipinski definition) is 2. The van der Waals surface area contributed by atoms with E-state index in [-0.39, 0.29) is 17.5 Å². The summed E-state index contributed by atoms with van der Waals surface area (Å²) in [4.78, 5) is 0. The summed E-state index contributed by atoms with van der Waals surface area (Å²) in [6, 6.07) is 11.4. The molecule has 22 heavy (non-hydrogen) atoms. The normalized spacial score (nSPS) is 21.2. The Bertz CT molecular complexity index is 646. The van der Waals surface area contributed by atoms with Crippen LogP contribution in [0.1, 0.15) is 17.0 Å². The standard InChI is InChI=1S/C17H17F3N2/c18-14-7-16(20)15(19)6-12(14)13-9-21-10-17(13)22-8-11-4-2-1-3-5-11/h1-7,13,17,21-22H,8-10H2/t13-,17+/m1/s1. The molecule has 1 heterocycles. The highest BCUT2D eigenvalue weighted by atomic mass is 19.2. The van der Waals surface area contributed by atoms with Gasteiger partial charge in [0.15, 0.2) is 11.6 Å². The van der Waals surface area contributed by atoms with Crippen molar-refractivity contribution in [3.05, 3.63) is 71.0 Å². The Balaban J connectivity index is 1.74. The van der Waals surface area contributed by atoms with Crippen LogP contribution in [0.15, 0.2) is 42.5 Å². The summed E-state index contributed by atoms with van der Waals surface area (Å²) in [6.07, 6.45) is 0. The fraction of sp³-hybridized carbons (Fsp3) is 0.294. The van der Waals surface area contributed by atoms with Crippen LogP contribution in [0.5, 0.6) is 0 Å². The van der Waals surface area contributed by atoms with Crippen molar-refractivity contribution in [3.63, 3.8) is 0 Å². The average molecular weight is 306 g/mol. The highest BCUT2D eigenvalue weighted by Gasteiger charge is 2.30. The van der Waals surface area contributed by atoms with Crippen LogP contribution in [0, 0.1) is 17.5 Å². The van der Waals surface area contributed by atoms with Gasteiger partial charge in [-0.05, 0) is 17.2 Å². The maximum atomic E-state index is 14.0. The lowest BCUT2D eigenvalue weighted by molar-refractivity contribution is 0.462. The van der Waals surface area contributed by atoms with Gasteiger partial charge in [-0.25, -0.2) is 13.2 Å². The first-order chi connectivity index (χ1) is 10.6. The van der Waals surface area contributed by atoms with Crippen molar-refractivity contribution in [2.45, 2.75) is 18.5 Å². The number of halogens is 3. The van der Waals surface area contributed by atoms with Crippen LogP contribution in [0.4, 0.5) is 13.2 Å². The van der Waals surface area contributed by atoms with Crippen molar-refractivity contribution in [3.8, 4) is 0 Å². The second-order valence-corrected chi connectivity index (χ2v) is 5.53. The van der Waals surface area contributed by atoms with E-state index in [9.17, 15) is 13.2 Å². The number of hydrogen-bond donors (Lipinski definition) is 2. The van der Waals surface area contributed by atoms with Crippen molar-refractivity contribution in [2.75, 3.05) is 13.1 Å². The van der Waals surface area contributed by atoms with Gasteiger partial charge >= 0.3 is 0 Å². The van der Waals surface area contributed by atoms with Gasteiger partial charge in [-0.15, -0.1) is 0 Å². The average Bonchev–Trinajstić information content (AvgIpc) is 2.98. The fourth-order valence-electron chi connectivity index (χ4n) is 2.89. The van der Waals surface area contributed by atoms with Crippen molar-refractivity contribution >= 4 is 0 Å². The van der Waals surface area contributed by atoms with Crippen LogP contribution in [-0.2, 0) is 6.54 Å². The van der Waals surface area contributed by atoms with Crippen LogP contribution in [0.3, 0.4) is 0 Å². The van der Waals surface area contributed by atoms with Crippen molar-refractivity contribution < 1.29 is 13.2 Å². The number of nitrogens with one attached hydrogen (secondary N) is 2. The molecule has 0 amide bonds. The zero-order valence-electron chi connectivity index (χ0n) is 12.0. The molecule has 3 rings (SSSR count). The summed E-state index contributed by atoms with van der Waals surface area (Å²) < 4.78 is 40.4. The quantitative estimate of drug-likeness (QED) is 0.849. The first-order valence-corrected chi connectivity index (χ1v) is 7.27. The van der Waals surface area contributed by atoms with Gasteiger partial charge in [-0.1, -0.05) is 30.3 Å². The molecule has 0 unspecified atom stereocenters. The molecule has 2 aromatic carbocycles. The Labute approximate surface area is 127 Å². The molecule has 0 aliphatic carbocycles. The predicted octanol–water partition coefficient (Wildman–Crippen LogP) is 2.95. The molecule has 0 aromatic heterocycles. The molecule has 1 aliphatic heterocycles. The minimum atomic E-state index is -1.15. The van der Waals surface area contributed by atoms with E-state index < -0.39 is 17.5 Å². The van der Waals surface area contributed by atoms with E-state index in [0.29, 0.717) is 25.7 Å². The van der Waals surface area contributed by atoms with Gasteiger partial charge < -0.3 is 10.6 Å². The summed E-state index contributed by atoms with van der Waals surface area (Å²) >= 11 is 0. The Morgan fingerprint density at radius 1 is 0.955 bits per heavy atom. The molecular weight excluding hydrogens is 289 g/mol. The molecule has 2 nitrogen and oxygen atoms in total. The number of rotatable bonds is 4. The lowest BCUT2D eigenvalue weighted by Gasteiger charge is -2.21. The van der Waals surface area contributed by atoms with E-state index in [1.165, 1.54) is 0 Å². The molecule has 0 bridgehead atoms. The Morgan fingerprint density at radius 3 is 2.45 bits per heavy atom. The first-order valence-electron chi connectivity index (χ1n) is 7.27. The zero-order chi connectivity index (χ0) is 15.5. The van der Waals surface area contributed by atoms with Crippen LogP contribution >= 0.6 is 0 Å². The Morgan fingerprint density at radius 2 is 1.68 bits per heavy atom. The summed E-state index contributed by atoms with van der Waals surface area (Å²) in [5.74, 6) is -3.08. The lowest BCUT2D eigenvalue weighted by Crippen LogP contribution is -2.34. The van der Waals surface area contributed by atoms with Crippen molar-refractivity contribution in [1.29, 1.82) is 0 Å². The Kier molecular flexibility index (Phi) is 4.45. The third kappa shape index (κ3) is 3.15. The van der Waals surface area contributed by atoms with Gasteiger partial charge in [0.1, 0.15) is 5.82 Å². The van der Waals surface area contributed by atoms with Gasteiger partial charge in [-0.3, -0.25) is 0 Å². The third-order valence-electron chi connectivity index (χ3n) is 4.06. The second-order valence-electron chi connectivity index (χ2n) is 5.53. The fourth-order valence-corrected chi connectivity index (χ4v) is 2.89. The van der Waals surface area contributed by atoms with Gasteiger partial charge in [0.2, 0.25) is 0 Å².